The topological polar surface area (TPSA) is 19.4 Å². The molecule has 0 N–H and O–H groups in total. The summed E-state index contributed by atoms with van der Waals surface area (Å²) in [5, 5.41) is 2.45. The summed E-state index contributed by atoms with van der Waals surface area (Å²) < 4.78 is 0. The quantitative estimate of drug-likeness (QED) is 0.654. The Morgan fingerprint density at radius 2 is 1.64 bits per heavy atom. The van der Waals surface area contributed by atoms with Gasteiger partial charge in [0.2, 0.25) is 0 Å². The third kappa shape index (κ3) is 3.59. The third-order valence-electron chi connectivity index (χ3n) is 4.69. The normalized spacial score (nSPS) is 15.7. The number of benzene rings is 2. The number of fused-ring (bicyclic) bond motifs is 1. The molecule has 3 aromatic rings. The molecular formula is C20H19Cl2N3. The number of hydrogen-bond donors (Lipinski definition) is 0. The van der Waals surface area contributed by atoms with E-state index in [1.165, 1.54) is 5.39 Å². The van der Waals surface area contributed by atoms with Gasteiger partial charge in [-0.2, -0.15) is 0 Å². The zero-order valence-electron chi connectivity index (χ0n) is 13.8. The maximum atomic E-state index is 6.35. The molecule has 4 rings (SSSR count). The van der Waals surface area contributed by atoms with Gasteiger partial charge >= 0.3 is 0 Å². The summed E-state index contributed by atoms with van der Waals surface area (Å²) in [7, 11) is 0. The number of anilines is 1. The van der Waals surface area contributed by atoms with Crippen molar-refractivity contribution in [3.63, 3.8) is 0 Å². The van der Waals surface area contributed by atoms with E-state index >= 15 is 0 Å². The Bertz CT molecular complexity index is 889. The van der Waals surface area contributed by atoms with Crippen LogP contribution in [-0.2, 0) is 6.54 Å². The molecule has 0 amide bonds. The minimum Gasteiger partial charge on any atom is -0.368 e. The van der Waals surface area contributed by atoms with E-state index in [0.29, 0.717) is 10.0 Å². The van der Waals surface area contributed by atoms with Gasteiger partial charge in [-0.05, 0) is 24.3 Å². The molecule has 2 aromatic carbocycles. The van der Waals surface area contributed by atoms with Gasteiger partial charge in [-0.1, -0.05) is 53.5 Å². The standard InChI is InChI=1S/C20H19Cl2N3/c21-17-5-3-7-19(20(17)22)25-12-10-24(11-13-25)14-16-9-8-15-4-1-2-6-18(15)23-16/h1-9H,10-14H2. The Labute approximate surface area is 157 Å². The highest BCUT2D eigenvalue weighted by atomic mass is 35.5. The van der Waals surface area contributed by atoms with E-state index in [9.17, 15) is 0 Å². The van der Waals surface area contributed by atoms with Crippen LogP contribution in [0.4, 0.5) is 5.69 Å². The Kier molecular flexibility index (Phi) is 4.80. The van der Waals surface area contributed by atoms with Gasteiger partial charge in [-0.3, -0.25) is 9.88 Å². The molecule has 1 aliphatic rings. The fourth-order valence-electron chi connectivity index (χ4n) is 3.31. The smallest absolute Gasteiger partial charge is 0.0825 e. The monoisotopic (exact) mass is 371 g/mol. The van der Waals surface area contributed by atoms with Crippen molar-refractivity contribution in [2.24, 2.45) is 0 Å². The second-order valence-electron chi connectivity index (χ2n) is 6.33. The minimum absolute atomic E-state index is 0.613. The van der Waals surface area contributed by atoms with Gasteiger partial charge in [-0.25, -0.2) is 0 Å². The summed E-state index contributed by atoms with van der Waals surface area (Å²) in [6, 6.07) is 18.3. The summed E-state index contributed by atoms with van der Waals surface area (Å²) in [4.78, 5) is 9.52. The first-order valence-electron chi connectivity index (χ1n) is 8.47. The fraction of sp³-hybridized carbons (Fsp3) is 0.250. The number of halogens is 2. The van der Waals surface area contributed by atoms with Crippen LogP contribution in [0, 0.1) is 0 Å². The van der Waals surface area contributed by atoms with Crippen LogP contribution in [0.1, 0.15) is 5.69 Å². The zero-order chi connectivity index (χ0) is 17.2. The molecule has 0 radical (unpaired) electrons. The average Bonchev–Trinajstić information content (AvgIpc) is 2.65. The highest BCUT2D eigenvalue weighted by molar-refractivity contribution is 6.43. The summed E-state index contributed by atoms with van der Waals surface area (Å²) >= 11 is 12.5. The maximum absolute atomic E-state index is 6.35. The third-order valence-corrected chi connectivity index (χ3v) is 5.49. The maximum Gasteiger partial charge on any atom is 0.0825 e. The second-order valence-corrected chi connectivity index (χ2v) is 7.12. The molecule has 2 heterocycles. The molecule has 1 aliphatic heterocycles. The van der Waals surface area contributed by atoms with Crippen molar-refractivity contribution >= 4 is 39.8 Å². The van der Waals surface area contributed by atoms with Gasteiger partial charge in [0.25, 0.3) is 0 Å². The van der Waals surface area contributed by atoms with E-state index in [0.717, 1.165) is 49.6 Å². The number of piperazine rings is 1. The Balaban J connectivity index is 1.42. The van der Waals surface area contributed by atoms with Crippen LogP contribution < -0.4 is 4.90 Å². The number of aromatic nitrogens is 1. The van der Waals surface area contributed by atoms with Crippen molar-refractivity contribution < 1.29 is 0 Å². The van der Waals surface area contributed by atoms with Gasteiger partial charge in [0.15, 0.2) is 0 Å². The van der Waals surface area contributed by atoms with Gasteiger partial charge < -0.3 is 4.90 Å². The summed E-state index contributed by atoms with van der Waals surface area (Å²) in [6.45, 7) is 4.72. The molecule has 0 saturated carbocycles. The predicted molar refractivity (Wildman–Crippen MR) is 106 cm³/mol. The second kappa shape index (κ2) is 7.20. The summed E-state index contributed by atoms with van der Waals surface area (Å²) in [5.41, 5.74) is 3.20. The number of nitrogens with zero attached hydrogens (tertiary/aromatic N) is 3. The van der Waals surface area contributed by atoms with Crippen LogP contribution in [0.3, 0.4) is 0 Å². The van der Waals surface area contributed by atoms with E-state index in [1.807, 2.05) is 30.3 Å². The van der Waals surface area contributed by atoms with Crippen molar-refractivity contribution in [3.8, 4) is 0 Å². The van der Waals surface area contributed by atoms with E-state index in [4.69, 9.17) is 28.2 Å². The lowest BCUT2D eigenvalue weighted by atomic mass is 10.2. The molecule has 0 aliphatic carbocycles. The van der Waals surface area contributed by atoms with E-state index in [1.54, 1.807) is 0 Å². The van der Waals surface area contributed by atoms with Gasteiger partial charge in [0, 0.05) is 38.1 Å². The van der Waals surface area contributed by atoms with Gasteiger partial charge in [0.05, 0.1) is 26.9 Å². The molecule has 1 aromatic heterocycles. The first kappa shape index (κ1) is 16.6. The molecule has 3 nitrogen and oxygen atoms in total. The molecule has 0 bridgehead atoms. The predicted octanol–water partition coefficient (Wildman–Crippen LogP) is 4.86. The molecule has 25 heavy (non-hydrogen) atoms. The van der Waals surface area contributed by atoms with E-state index in [2.05, 4.69) is 34.1 Å². The van der Waals surface area contributed by atoms with Gasteiger partial charge in [0.1, 0.15) is 0 Å². The van der Waals surface area contributed by atoms with Crippen LogP contribution in [0.5, 0.6) is 0 Å². The lowest BCUT2D eigenvalue weighted by Gasteiger charge is -2.36. The summed E-state index contributed by atoms with van der Waals surface area (Å²) in [5.74, 6) is 0. The van der Waals surface area contributed by atoms with E-state index < -0.39 is 0 Å². The number of hydrogen-bond acceptors (Lipinski definition) is 3. The molecule has 128 valence electrons. The molecule has 5 heteroatoms. The lowest BCUT2D eigenvalue weighted by molar-refractivity contribution is 0.247. The van der Waals surface area contributed by atoms with E-state index in [-0.39, 0.29) is 0 Å². The molecule has 1 saturated heterocycles. The van der Waals surface area contributed by atoms with Crippen molar-refractivity contribution in [1.29, 1.82) is 0 Å². The largest absolute Gasteiger partial charge is 0.368 e. The average molecular weight is 372 g/mol. The van der Waals surface area contributed by atoms with Crippen LogP contribution in [-0.4, -0.2) is 36.1 Å². The first-order chi connectivity index (χ1) is 12.2. The van der Waals surface area contributed by atoms with Crippen LogP contribution in [0.25, 0.3) is 10.9 Å². The Morgan fingerprint density at radius 3 is 2.48 bits per heavy atom. The Hall–Kier alpha value is -1.81. The molecule has 0 spiro atoms. The highest BCUT2D eigenvalue weighted by Crippen LogP contribution is 2.32. The zero-order valence-corrected chi connectivity index (χ0v) is 15.3. The van der Waals surface area contributed by atoms with Crippen molar-refractivity contribution in [3.05, 3.63) is 70.3 Å². The van der Waals surface area contributed by atoms with Crippen molar-refractivity contribution in [1.82, 2.24) is 9.88 Å². The van der Waals surface area contributed by atoms with Crippen LogP contribution >= 0.6 is 23.2 Å². The van der Waals surface area contributed by atoms with Crippen molar-refractivity contribution in [2.75, 3.05) is 31.1 Å². The number of para-hydroxylation sites is 1. The molecule has 0 atom stereocenters. The lowest BCUT2D eigenvalue weighted by Crippen LogP contribution is -2.46. The fourth-order valence-corrected chi connectivity index (χ4v) is 3.72. The van der Waals surface area contributed by atoms with Gasteiger partial charge in [-0.15, -0.1) is 0 Å². The number of pyridine rings is 1. The van der Waals surface area contributed by atoms with Crippen molar-refractivity contribution in [2.45, 2.75) is 6.54 Å². The van der Waals surface area contributed by atoms with Crippen LogP contribution in [0.15, 0.2) is 54.6 Å². The molecule has 0 unspecified atom stereocenters. The first-order valence-corrected chi connectivity index (χ1v) is 9.22. The highest BCUT2D eigenvalue weighted by Gasteiger charge is 2.20. The summed E-state index contributed by atoms with van der Waals surface area (Å²) in [6.07, 6.45) is 0. The molecular weight excluding hydrogens is 353 g/mol. The SMILES string of the molecule is Clc1cccc(N2CCN(Cc3ccc4ccccc4n3)CC2)c1Cl. The molecule has 1 fully saturated rings. The Morgan fingerprint density at radius 1 is 0.840 bits per heavy atom. The van der Waals surface area contributed by atoms with Crippen LogP contribution in [0.2, 0.25) is 10.0 Å². The minimum atomic E-state index is 0.613. The number of rotatable bonds is 3.